The number of hydrogen-bond acceptors (Lipinski definition) is 6. The zero-order chi connectivity index (χ0) is 26.8. The molecule has 11 heteroatoms. The van der Waals surface area contributed by atoms with E-state index in [1.54, 1.807) is 0 Å². The quantitative estimate of drug-likeness (QED) is 0.452. The van der Waals surface area contributed by atoms with Crippen LogP contribution >= 0.6 is 0 Å². The van der Waals surface area contributed by atoms with Crippen LogP contribution in [0, 0.1) is 0 Å². The molecule has 1 unspecified atom stereocenters. The van der Waals surface area contributed by atoms with Gasteiger partial charge in [-0.25, -0.2) is 9.67 Å². The number of carbonyl (C=O) groups is 1. The topological polar surface area (TPSA) is 102 Å². The Morgan fingerprint density at radius 2 is 1.79 bits per heavy atom. The van der Waals surface area contributed by atoms with Crippen LogP contribution in [0.4, 0.5) is 19.1 Å². The number of halogens is 3. The number of ether oxygens (including phenoxy) is 1. The molecule has 0 saturated heterocycles. The van der Waals surface area contributed by atoms with Crippen molar-refractivity contribution in [2.24, 2.45) is 4.99 Å². The highest BCUT2D eigenvalue weighted by molar-refractivity contribution is 5.90. The number of aromatic nitrogens is 3. The molecule has 8 nitrogen and oxygen atoms in total. The maximum Gasteiger partial charge on any atom is 0.416 e. The zero-order valence-electron chi connectivity index (χ0n) is 20.6. The lowest BCUT2D eigenvalue weighted by molar-refractivity contribution is -0.150. The van der Waals surface area contributed by atoms with Gasteiger partial charge in [-0.15, -0.1) is 5.10 Å². The van der Waals surface area contributed by atoms with Crippen LogP contribution < -0.4 is 5.32 Å². The fourth-order valence-electron chi connectivity index (χ4n) is 4.95. The van der Waals surface area contributed by atoms with Gasteiger partial charge in [0.25, 0.3) is 11.9 Å². The molecule has 0 bridgehead atoms. The zero-order valence-corrected chi connectivity index (χ0v) is 20.6. The maximum atomic E-state index is 13.4. The third-order valence-electron chi connectivity index (χ3n) is 6.96. The SMILES string of the molecule is O=C(NCc1ccccc1C(F)(F)F)C1(OCC2=Nc3nc(-c4ccccc4)nn3C(O)C2)CCCCC1. The Bertz CT molecular complexity index is 1320. The number of carbonyl (C=O) groups excluding carboxylic acids is 1. The summed E-state index contributed by atoms with van der Waals surface area (Å²) in [7, 11) is 0. The molecule has 2 aliphatic rings. The van der Waals surface area contributed by atoms with Crippen molar-refractivity contribution in [1.29, 1.82) is 0 Å². The Morgan fingerprint density at radius 1 is 1.08 bits per heavy atom. The first-order valence-electron chi connectivity index (χ1n) is 12.6. The third-order valence-corrected chi connectivity index (χ3v) is 6.96. The molecule has 200 valence electrons. The van der Waals surface area contributed by atoms with Crippen LogP contribution in [-0.2, 0) is 22.3 Å². The molecule has 2 aromatic carbocycles. The molecule has 5 rings (SSSR count). The van der Waals surface area contributed by atoms with Gasteiger partial charge in [0.2, 0.25) is 0 Å². The molecule has 3 aromatic rings. The molecule has 0 spiro atoms. The van der Waals surface area contributed by atoms with Crippen molar-refractivity contribution in [3.8, 4) is 11.4 Å². The predicted molar refractivity (Wildman–Crippen MR) is 133 cm³/mol. The Kier molecular flexibility index (Phi) is 7.31. The van der Waals surface area contributed by atoms with Gasteiger partial charge in [-0.3, -0.25) is 4.79 Å². The average Bonchev–Trinajstić information content (AvgIpc) is 3.36. The van der Waals surface area contributed by atoms with Crippen molar-refractivity contribution < 1.29 is 27.8 Å². The molecular formula is C27H28F3N5O3. The van der Waals surface area contributed by atoms with E-state index in [4.69, 9.17) is 4.74 Å². The van der Waals surface area contributed by atoms with E-state index in [0.29, 0.717) is 24.4 Å². The van der Waals surface area contributed by atoms with E-state index in [1.165, 1.54) is 22.9 Å². The predicted octanol–water partition coefficient (Wildman–Crippen LogP) is 4.97. The molecule has 0 radical (unpaired) electrons. The second-order valence-electron chi connectivity index (χ2n) is 9.59. The largest absolute Gasteiger partial charge is 0.416 e. The highest BCUT2D eigenvalue weighted by atomic mass is 19.4. The molecular weight excluding hydrogens is 499 g/mol. The van der Waals surface area contributed by atoms with Crippen molar-refractivity contribution in [2.45, 2.75) is 63.1 Å². The molecule has 1 fully saturated rings. The lowest BCUT2D eigenvalue weighted by Gasteiger charge is -2.36. The normalized spacial score (nSPS) is 18.9. The molecule has 2 N–H and O–H groups in total. The van der Waals surface area contributed by atoms with Crippen LogP contribution in [0.1, 0.15) is 55.9 Å². The van der Waals surface area contributed by atoms with Crippen LogP contribution in [0.5, 0.6) is 0 Å². The second kappa shape index (κ2) is 10.7. The van der Waals surface area contributed by atoms with Crippen LogP contribution in [0.3, 0.4) is 0 Å². The van der Waals surface area contributed by atoms with E-state index in [9.17, 15) is 23.1 Å². The first-order chi connectivity index (χ1) is 18.2. The summed E-state index contributed by atoms with van der Waals surface area (Å²) < 4.78 is 47.7. The number of hydrogen-bond donors (Lipinski definition) is 2. The molecule has 38 heavy (non-hydrogen) atoms. The smallest absolute Gasteiger partial charge is 0.371 e. The first-order valence-corrected chi connectivity index (χ1v) is 12.6. The number of alkyl halides is 3. The number of rotatable bonds is 7. The van der Waals surface area contributed by atoms with Crippen molar-refractivity contribution in [3.63, 3.8) is 0 Å². The summed E-state index contributed by atoms with van der Waals surface area (Å²) in [5.74, 6) is 0.237. The highest BCUT2D eigenvalue weighted by Gasteiger charge is 2.41. The Morgan fingerprint density at radius 3 is 2.53 bits per heavy atom. The van der Waals surface area contributed by atoms with Gasteiger partial charge in [-0.05, 0) is 24.5 Å². The molecule has 2 heterocycles. The lowest BCUT2D eigenvalue weighted by atomic mass is 9.83. The summed E-state index contributed by atoms with van der Waals surface area (Å²) in [6.07, 6.45) is -1.98. The summed E-state index contributed by atoms with van der Waals surface area (Å²) in [4.78, 5) is 22.3. The van der Waals surface area contributed by atoms with Crippen molar-refractivity contribution in [3.05, 3.63) is 65.7 Å². The number of nitrogens with one attached hydrogen (secondary N) is 1. The number of aliphatic imine (C=N–C) groups is 1. The monoisotopic (exact) mass is 527 g/mol. The number of aliphatic hydroxyl groups is 1. The van der Waals surface area contributed by atoms with Gasteiger partial charge >= 0.3 is 6.18 Å². The van der Waals surface area contributed by atoms with E-state index >= 15 is 0 Å². The molecule has 1 atom stereocenters. The number of amides is 1. The minimum atomic E-state index is -4.51. The summed E-state index contributed by atoms with van der Waals surface area (Å²) >= 11 is 0. The van der Waals surface area contributed by atoms with Crippen molar-refractivity contribution in [2.75, 3.05) is 6.61 Å². The minimum Gasteiger partial charge on any atom is -0.371 e. The number of aliphatic hydroxyl groups excluding tert-OH is 1. The standard InChI is InChI=1S/C27H28F3N5O3/c28-27(29,30)21-12-6-5-11-19(21)16-31-24(37)26(13-7-2-8-14-26)38-17-20-15-22(36)35-25(32-20)33-23(34-35)18-9-3-1-4-10-18/h1,3-6,9-12,22,36H,2,7-8,13-17H2,(H,31,37). The minimum absolute atomic E-state index is 0.00681. The summed E-state index contributed by atoms with van der Waals surface area (Å²) in [6, 6.07) is 14.5. The van der Waals surface area contributed by atoms with Gasteiger partial charge < -0.3 is 15.2 Å². The Balaban J connectivity index is 1.30. The average molecular weight is 528 g/mol. The van der Waals surface area contributed by atoms with Crippen LogP contribution in [0.15, 0.2) is 59.6 Å². The number of nitrogens with zero attached hydrogens (tertiary/aromatic N) is 4. The highest BCUT2D eigenvalue weighted by Crippen LogP contribution is 2.35. The van der Waals surface area contributed by atoms with E-state index in [2.05, 4.69) is 20.4 Å². The lowest BCUT2D eigenvalue weighted by Crippen LogP contribution is -2.50. The van der Waals surface area contributed by atoms with Gasteiger partial charge in [0.15, 0.2) is 12.1 Å². The van der Waals surface area contributed by atoms with Crippen LogP contribution in [-0.4, -0.2) is 43.7 Å². The molecule has 1 aliphatic carbocycles. The van der Waals surface area contributed by atoms with Crippen molar-refractivity contribution in [1.82, 2.24) is 20.1 Å². The number of fused-ring (bicyclic) bond motifs is 1. The fraction of sp³-hybridized carbons (Fsp3) is 0.407. The molecule has 1 saturated carbocycles. The summed E-state index contributed by atoms with van der Waals surface area (Å²) in [5, 5.41) is 17.7. The van der Waals surface area contributed by atoms with Crippen LogP contribution in [0.2, 0.25) is 0 Å². The maximum absolute atomic E-state index is 13.4. The van der Waals surface area contributed by atoms with E-state index in [-0.39, 0.29) is 31.1 Å². The molecule has 1 amide bonds. The Hall–Kier alpha value is -3.57. The molecule has 1 aromatic heterocycles. The summed E-state index contributed by atoms with van der Waals surface area (Å²) in [6.45, 7) is -0.276. The fourth-order valence-corrected chi connectivity index (χ4v) is 4.95. The summed E-state index contributed by atoms with van der Waals surface area (Å²) in [5.41, 5.74) is -0.660. The van der Waals surface area contributed by atoms with Crippen molar-refractivity contribution >= 4 is 17.6 Å². The van der Waals surface area contributed by atoms with E-state index in [1.807, 2.05) is 30.3 Å². The first kappa shape index (κ1) is 26.1. The molecule has 1 aliphatic heterocycles. The number of benzene rings is 2. The van der Waals surface area contributed by atoms with Gasteiger partial charge in [-0.2, -0.15) is 18.2 Å². The van der Waals surface area contributed by atoms with E-state index in [0.717, 1.165) is 30.9 Å². The second-order valence-corrected chi connectivity index (χ2v) is 9.59. The third kappa shape index (κ3) is 5.48. The van der Waals surface area contributed by atoms with E-state index < -0.39 is 29.5 Å². The van der Waals surface area contributed by atoms with Gasteiger partial charge in [0.1, 0.15) is 5.60 Å². The van der Waals surface area contributed by atoms with Gasteiger partial charge in [0, 0.05) is 18.5 Å². The Labute approximate surface area is 217 Å². The van der Waals surface area contributed by atoms with Crippen LogP contribution in [0.25, 0.3) is 11.4 Å². The van der Waals surface area contributed by atoms with Gasteiger partial charge in [0.05, 0.1) is 17.9 Å². The van der Waals surface area contributed by atoms with Gasteiger partial charge in [-0.1, -0.05) is 67.8 Å².